The van der Waals surface area contributed by atoms with Crippen LogP contribution >= 0.6 is 0 Å². The number of rotatable bonds is 1. The molecule has 4 heteroatoms. The van der Waals surface area contributed by atoms with E-state index < -0.39 is 5.97 Å². The summed E-state index contributed by atoms with van der Waals surface area (Å²) in [5.74, 6) is -0.955. The van der Waals surface area contributed by atoms with Crippen LogP contribution in [0.25, 0.3) is 22.0 Å². The van der Waals surface area contributed by atoms with E-state index in [9.17, 15) is 4.79 Å². The smallest absolute Gasteiger partial charge is 0.336 e. The molecule has 3 rings (SSSR count). The summed E-state index contributed by atoms with van der Waals surface area (Å²) < 4.78 is 0. The van der Waals surface area contributed by atoms with Crippen molar-refractivity contribution < 1.29 is 9.90 Å². The molecule has 0 saturated carbocycles. The number of hydrogen-bond acceptors (Lipinski definition) is 3. The Balaban J connectivity index is 2.51. The predicted octanol–water partition coefficient (Wildman–Crippen LogP) is 2.43. The molecule has 0 saturated heterocycles. The van der Waals surface area contributed by atoms with Crippen LogP contribution in [0.1, 0.15) is 10.4 Å². The van der Waals surface area contributed by atoms with Gasteiger partial charge >= 0.3 is 5.97 Å². The Morgan fingerprint density at radius 1 is 1.12 bits per heavy atom. The first-order valence-corrected chi connectivity index (χ1v) is 5.12. The van der Waals surface area contributed by atoms with E-state index in [1.54, 1.807) is 30.7 Å². The van der Waals surface area contributed by atoms with Gasteiger partial charge in [-0.15, -0.1) is 0 Å². The molecule has 0 atom stereocenters. The summed E-state index contributed by atoms with van der Waals surface area (Å²) in [5, 5.41) is 10.6. The summed E-state index contributed by atoms with van der Waals surface area (Å²) in [4.78, 5) is 19.5. The van der Waals surface area contributed by atoms with Crippen molar-refractivity contribution in [1.29, 1.82) is 0 Å². The van der Waals surface area contributed by atoms with Gasteiger partial charge in [0.25, 0.3) is 0 Å². The molecule has 1 aromatic rings. The quantitative estimate of drug-likeness (QED) is 0.689. The Labute approximate surface area is 96.9 Å². The van der Waals surface area contributed by atoms with Crippen molar-refractivity contribution in [3.8, 4) is 11.3 Å². The summed E-state index contributed by atoms with van der Waals surface area (Å²) in [6, 6.07) is 7.01. The highest BCUT2D eigenvalue weighted by Crippen LogP contribution is 2.28. The molecule has 0 radical (unpaired) electrons. The number of hydrogen-bond donors (Lipinski definition) is 1. The van der Waals surface area contributed by atoms with Gasteiger partial charge in [-0.2, -0.15) is 0 Å². The summed E-state index contributed by atoms with van der Waals surface area (Å²) in [6.07, 6.45) is 4.95. The average Bonchev–Trinajstić information content (AvgIpc) is 2.70. The molecule has 0 spiro atoms. The van der Waals surface area contributed by atoms with E-state index in [4.69, 9.17) is 5.11 Å². The molecule has 2 heterocycles. The van der Waals surface area contributed by atoms with Gasteiger partial charge in [-0.1, -0.05) is 12.1 Å². The zero-order valence-electron chi connectivity index (χ0n) is 8.79. The number of aromatic nitrogens is 2. The van der Waals surface area contributed by atoms with Gasteiger partial charge in [0.2, 0.25) is 0 Å². The fraction of sp³-hybridized carbons (Fsp3) is 0. The minimum absolute atomic E-state index is 0.246. The van der Waals surface area contributed by atoms with E-state index in [1.807, 2.05) is 12.1 Å². The SMILES string of the molecule is O=C(O)c1cccc2c3nccc-3cncc12. The second-order valence-corrected chi connectivity index (χ2v) is 3.73. The standard InChI is InChI=1S/C13H8N2O2/c16-13(17)10-3-1-2-9-11(10)7-14-6-8-4-5-15-12(8)9/h1-7H,(H,16,17). The van der Waals surface area contributed by atoms with Gasteiger partial charge < -0.3 is 5.11 Å². The number of nitrogens with zero attached hydrogens (tertiary/aromatic N) is 2. The number of aromatic carboxylic acids is 1. The third-order valence-corrected chi connectivity index (χ3v) is 2.74. The van der Waals surface area contributed by atoms with E-state index >= 15 is 0 Å². The fourth-order valence-electron chi connectivity index (χ4n) is 1.96. The topological polar surface area (TPSA) is 63.1 Å². The number of carbonyl (C=O) groups is 1. The molecule has 4 nitrogen and oxygen atoms in total. The molecule has 0 aromatic heterocycles. The molecular formula is C13H8N2O2. The van der Waals surface area contributed by atoms with Crippen molar-refractivity contribution in [3.05, 3.63) is 48.4 Å². The predicted molar refractivity (Wildman–Crippen MR) is 63.1 cm³/mol. The molecule has 1 N–H and O–H groups in total. The summed E-state index contributed by atoms with van der Waals surface area (Å²) >= 11 is 0. The van der Waals surface area contributed by atoms with Gasteiger partial charge in [0.15, 0.2) is 0 Å². The van der Waals surface area contributed by atoms with Crippen LogP contribution < -0.4 is 0 Å². The Morgan fingerprint density at radius 3 is 2.82 bits per heavy atom. The van der Waals surface area contributed by atoms with Crippen molar-refractivity contribution >= 4 is 16.7 Å². The first kappa shape index (κ1) is 9.72. The van der Waals surface area contributed by atoms with Crippen molar-refractivity contribution in [1.82, 2.24) is 9.97 Å². The zero-order chi connectivity index (χ0) is 11.8. The van der Waals surface area contributed by atoms with Crippen LogP contribution in [0.4, 0.5) is 0 Å². The minimum atomic E-state index is -0.955. The van der Waals surface area contributed by atoms with E-state index in [1.165, 1.54) is 0 Å². The molecule has 2 aliphatic rings. The van der Waals surface area contributed by atoms with Crippen LogP contribution in [0.15, 0.2) is 42.9 Å². The largest absolute Gasteiger partial charge is 0.478 e. The monoisotopic (exact) mass is 224 g/mol. The Kier molecular flexibility index (Phi) is 2.01. The van der Waals surface area contributed by atoms with Crippen molar-refractivity contribution in [3.63, 3.8) is 0 Å². The van der Waals surface area contributed by atoms with Crippen LogP contribution in [0.5, 0.6) is 0 Å². The molecule has 17 heavy (non-hydrogen) atoms. The van der Waals surface area contributed by atoms with Crippen LogP contribution in [0.3, 0.4) is 0 Å². The van der Waals surface area contributed by atoms with E-state index in [0.717, 1.165) is 16.6 Å². The number of fused-ring (bicyclic) bond motifs is 3. The second-order valence-electron chi connectivity index (χ2n) is 3.73. The van der Waals surface area contributed by atoms with E-state index in [-0.39, 0.29) is 5.56 Å². The first-order chi connectivity index (χ1) is 8.27. The van der Waals surface area contributed by atoms with Crippen LogP contribution in [-0.4, -0.2) is 21.0 Å². The lowest BCUT2D eigenvalue weighted by molar-refractivity contribution is 0.0699. The number of carboxylic acids is 1. The summed E-state index contributed by atoms with van der Waals surface area (Å²) in [6.45, 7) is 0. The number of carboxylic acid groups (broad SMARTS) is 1. The molecular weight excluding hydrogens is 216 g/mol. The van der Waals surface area contributed by atoms with Gasteiger partial charge in [-0.3, -0.25) is 9.97 Å². The van der Waals surface area contributed by atoms with E-state index in [2.05, 4.69) is 9.97 Å². The Bertz CT molecular complexity index is 694. The fourth-order valence-corrected chi connectivity index (χ4v) is 1.96. The lowest BCUT2D eigenvalue weighted by Crippen LogP contribution is -1.96. The molecule has 0 amide bonds. The van der Waals surface area contributed by atoms with Crippen LogP contribution in [0, 0.1) is 0 Å². The summed E-state index contributed by atoms with van der Waals surface area (Å²) in [5.41, 5.74) is 1.93. The molecule has 0 unspecified atom stereocenters. The van der Waals surface area contributed by atoms with Crippen LogP contribution in [0.2, 0.25) is 0 Å². The van der Waals surface area contributed by atoms with Crippen molar-refractivity contribution in [2.45, 2.75) is 0 Å². The van der Waals surface area contributed by atoms with E-state index in [0.29, 0.717) is 5.39 Å². The first-order valence-electron chi connectivity index (χ1n) is 5.12. The molecule has 0 fully saturated rings. The highest BCUT2D eigenvalue weighted by Gasteiger charge is 2.12. The maximum absolute atomic E-state index is 11.1. The highest BCUT2D eigenvalue weighted by molar-refractivity contribution is 6.06. The van der Waals surface area contributed by atoms with Gasteiger partial charge in [-0.05, 0) is 12.1 Å². The third kappa shape index (κ3) is 1.42. The Hall–Kier alpha value is -2.49. The molecule has 82 valence electrons. The van der Waals surface area contributed by atoms with Crippen LogP contribution in [-0.2, 0) is 0 Å². The molecule has 0 aliphatic carbocycles. The third-order valence-electron chi connectivity index (χ3n) is 2.74. The molecule has 1 aromatic carbocycles. The minimum Gasteiger partial charge on any atom is -0.478 e. The second kappa shape index (κ2) is 3.52. The molecule has 0 bridgehead atoms. The normalized spacial score (nSPS) is 10.8. The number of benzene rings is 1. The zero-order valence-corrected chi connectivity index (χ0v) is 8.79. The van der Waals surface area contributed by atoms with Gasteiger partial charge in [0, 0.05) is 34.9 Å². The van der Waals surface area contributed by atoms with Gasteiger partial charge in [0.1, 0.15) is 0 Å². The highest BCUT2D eigenvalue weighted by atomic mass is 16.4. The average molecular weight is 224 g/mol. The molecule has 2 aliphatic heterocycles. The van der Waals surface area contributed by atoms with Crippen molar-refractivity contribution in [2.24, 2.45) is 0 Å². The lowest BCUT2D eigenvalue weighted by Gasteiger charge is -2.00. The van der Waals surface area contributed by atoms with Crippen molar-refractivity contribution in [2.75, 3.05) is 0 Å². The summed E-state index contributed by atoms with van der Waals surface area (Å²) in [7, 11) is 0. The van der Waals surface area contributed by atoms with Gasteiger partial charge in [-0.25, -0.2) is 4.79 Å². The Morgan fingerprint density at radius 2 is 2.00 bits per heavy atom. The van der Waals surface area contributed by atoms with Gasteiger partial charge in [0.05, 0.1) is 11.3 Å². The maximum atomic E-state index is 11.1. The maximum Gasteiger partial charge on any atom is 0.336 e. The lowest BCUT2D eigenvalue weighted by atomic mass is 10.0.